The Bertz CT molecular complexity index is 2660. The highest BCUT2D eigenvalue weighted by molar-refractivity contribution is 6.12. The third-order valence-electron chi connectivity index (χ3n) is 9.30. The van der Waals surface area contributed by atoms with Crippen LogP contribution < -0.4 is 4.74 Å². The Morgan fingerprint density at radius 2 is 1.19 bits per heavy atom. The quantitative estimate of drug-likeness (QED) is 0.181. The van der Waals surface area contributed by atoms with Gasteiger partial charge >= 0.3 is 0 Å². The standard InChI is InChI=1S/C40H32N6O/c1-23(2)27-7-5-8-28(24(3)4)36(27)34-15-14-31-29-12-10-25(21-32(29)39-43-18-20-46(39)40(31)44-34)47-26-11-13-30-33(22-26)38-42-17-19-45(38)35-9-6-16-41-37(30)35/h5-24H,1-4H3. The Balaban J connectivity index is 1.18. The van der Waals surface area contributed by atoms with Crippen LogP contribution in [0.4, 0.5) is 0 Å². The van der Waals surface area contributed by atoms with Crippen LogP contribution in [0.3, 0.4) is 0 Å². The summed E-state index contributed by atoms with van der Waals surface area (Å²) in [5, 5.41) is 5.19. The molecule has 0 atom stereocenters. The molecule has 7 heteroatoms. The van der Waals surface area contributed by atoms with Crippen LogP contribution in [0.25, 0.3) is 66.2 Å². The number of benzene rings is 3. The van der Waals surface area contributed by atoms with Gasteiger partial charge in [0.05, 0.1) is 16.7 Å². The summed E-state index contributed by atoms with van der Waals surface area (Å²) in [6.07, 6.45) is 9.46. The smallest absolute Gasteiger partial charge is 0.146 e. The minimum Gasteiger partial charge on any atom is -0.457 e. The summed E-state index contributed by atoms with van der Waals surface area (Å²) in [6.45, 7) is 9.00. The molecule has 47 heavy (non-hydrogen) atoms. The van der Waals surface area contributed by atoms with E-state index in [0.29, 0.717) is 11.8 Å². The second-order valence-electron chi connectivity index (χ2n) is 12.8. The Hall–Kier alpha value is -5.82. The summed E-state index contributed by atoms with van der Waals surface area (Å²) in [4.78, 5) is 19.4. The summed E-state index contributed by atoms with van der Waals surface area (Å²) < 4.78 is 10.7. The fraction of sp³-hybridized carbons (Fsp3) is 0.150. The van der Waals surface area contributed by atoms with Crippen molar-refractivity contribution in [3.05, 3.63) is 121 Å². The van der Waals surface area contributed by atoms with Crippen LogP contribution in [-0.2, 0) is 0 Å². The molecule has 7 nitrogen and oxygen atoms in total. The molecule has 0 unspecified atom stereocenters. The lowest BCUT2D eigenvalue weighted by Crippen LogP contribution is -2.02. The maximum atomic E-state index is 6.51. The second-order valence-corrected chi connectivity index (χ2v) is 12.8. The lowest BCUT2D eigenvalue weighted by molar-refractivity contribution is 0.484. The van der Waals surface area contributed by atoms with Gasteiger partial charge in [0.25, 0.3) is 0 Å². The molecule has 0 saturated carbocycles. The normalized spacial score (nSPS) is 12.2. The number of hydrogen-bond donors (Lipinski definition) is 0. The van der Waals surface area contributed by atoms with Crippen LogP contribution in [0.5, 0.6) is 11.5 Å². The highest BCUT2D eigenvalue weighted by Gasteiger charge is 2.19. The zero-order chi connectivity index (χ0) is 31.8. The van der Waals surface area contributed by atoms with Crippen molar-refractivity contribution in [2.45, 2.75) is 39.5 Å². The van der Waals surface area contributed by atoms with E-state index in [4.69, 9.17) is 14.7 Å². The Morgan fingerprint density at radius 1 is 0.553 bits per heavy atom. The molecule has 0 fully saturated rings. The minimum absolute atomic E-state index is 0.383. The van der Waals surface area contributed by atoms with Crippen molar-refractivity contribution < 1.29 is 4.74 Å². The van der Waals surface area contributed by atoms with Gasteiger partial charge in [-0.15, -0.1) is 0 Å². The Labute approximate surface area is 271 Å². The van der Waals surface area contributed by atoms with E-state index >= 15 is 0 Å². The molecule has 0 aliphatic carbocycles. The molecule has 9 aromatic rings. The van der Waals surface area contributed by atoms with Crippen molar-refractivity contribution in [2.75, 3.05) is 0 Å². The zero-order valence-electron chi connectivity index (χ0n) is 26.6. The van der Waals surface area contributed by atoms with Crippen LogP contribution in [0.15, 0.2) is 110 Å². The molecule has 3 aromatic carbocycles. The number of rotatable bonds is 5. The highest BCUT2D eigenvalue weighted by atomic mass is 16.5. The number of imidazole rings is 2. The molecule has 0 amide bonds. The van der Waals surface area contributed by atoms with Gasteiger partial charge in [-0.25, -0.2) is 15.0 Å². The summed E-state index contributed by atoms with van der Waals surface area (Å²) >= 11 is 0. The van der Waals surface area contributed by atoms with Crippen LogP contribution in [-0.4, -0.2) is 28.7 Å². The van der Waals surface area contributed by atoms with E-state index < -0.39 is 0 Å². The summed E-state index contributed by atoms with van der Waals surface area (Å²) in [5.74, 6) is 2.23. The van der Waals surface area contributed by atoms with Crippen LogP contribution in [0, 0.1) is 0 Å². The molecule has 0 N–H and O–H groups in total. The number of fused-ring (bicyclic) bond motifs is 12. The van der Waals surface area contributed by atoms with Crippen molar-refractivity contribution in [3.63, 3.8) is 0 Å². The van der Waals surface area contributed by atoms with E-state index in [2.05, 4.69) is 101 Å². The summed E-state index contributed by atoms with van der Waals surface area (Å²) in [7, 11) is 0. The Morgan fingerprint density at radius 3 is 1.91 bits per heavy atom. The van der Waals surface area contributed by atoms with E-state index in [0.717, 1.165) is 72.1 Å². The fourth-order valence-corrected chi connectivity index (χ4v) is 7.12. The third-order valence-corrected chi connectivity index (χ3v) is 9.30. The molecule has 0 saturated heterocycles. The van der Waals surface area contributed by atoms with Gasteiger partial charge in [0, 0.05) is 58.1 Å². The third kappa shape index (κ3) is 4.19. The second kappa shape index (κ2) is 10.4. The molecule has 0 radical (unpaired) electrons. The average Bonchev–Trinajstić information content (AvgIpc) is 3.79. The first-order valence-corrected chi connectivity index (χ1v) is 16.1. The van der Waals surface area contributed by atoms with Crippen LogP contribution in [0.1, 0.15) is 50.7 Å². The van der Waals surface area contributed by atoms with Gasteiger partial charge < -0.3 is 4.74 Å². The van der Waals surface area contributed by atoms with Gasteiger partial charge in [-0.05, 0) is 89.0 Å². The lowest BCUT2D eigenvalue weighted by Gasteiger charge is -2.20. The molecular formula is C40H32N6O. The molecule has 6 aromatic heterocycles. The summed E-state index contributed by atoms with van der Waals surface area (Å²) in [5.41, 5.74) is 9.44. The largest absolute Gasteiger partial charge is 0.457 e. The topological polar surface area (TPSA) is 69.6 Å². The van der Waals surface area contributed by atoms with Crippen molar-refractivity contribution in [3.8, 4) is 22.8 Å². The molecule has 9 rings (SSSR count). The molecular weight excluding hydrogens is 580 g/mol. The molecule has 0 spiro atoms. The van der Waals surface area contributed by atoms with Gasteiger partial charge in [0.1, 0.15) is 28.4 Å². The van der Waals surface area contributed by atoms with Crippen molar-refractivity contribution in [1.29, 1.82) is 0 Å². The fourth-order valence-electron chi connectivity index (χ4n) is 7.12. The molecule has 0 aliphatic rings. The van der Waals surface area contributed by atoms with Crippen molar-refractivity contribution >= 4 is 54.9 Å². The average molecular weight is 613 g/mol. The monoisotopic (exact) mass is 612 g/mol. The van der Waals surface area contributed by atoms with E-state index in [1.165, 1.54) is 16.7 Å². The number of hydrogen-bond acceptors (Lipinski definition) is 5. The van der Waals surface area contributed by atoms with Crippen molar-refractivity contribution in [2.24, 2.45) is 0 Å². The zero-order valence-corrected chi connectivity index (χ0v) is 26.6. The van der Waals surface area contributed by atoms with Gasteiger partial charge in [-0.3, -0.25) is 13.8 Å². The number of pyridine rings is 4. The van der Waals surface area contributed by atoms with Gasteiger partial charge in [0.2, 0.25) is 0 Å². The van der Waals surface area contributed by atoms with Gasteiger partial charge in [-0.2, -0.15) is 0 Å². The lowest BCUT2D eigenvalue weighted by atomic mass is 9.87. The molecule has 0 aliphatic heterocycles. The molecule has 0 bridgehead atoms. The molecule has 6 heterocycles. The van der Waals surface area contributed by atoms with Crippen LogP contribution >= 0.6 is 0 Å². The predicted molar refractivity (Wildman–Crippen MR) is 190 cm³/mol. The van der Waals surface area contributed by atoms with E-state index in [1.54, 1.807) is 0 Å². The minimum atomic E-state index is 0.383. The van der Waals surface area contributed by atoms with Crippen LogP contribution in [0.2, 0.25) is 0 Å². The highest BCUT2D eigenvalue weighted by Crippen LogP contribution is 2.39. The number of nitrogens with zero attached hydrogens (tertiary/aromatic N) is 6. The van der Waals surface area contributed by atoms with Crippen molar-refractivity contribution in [1.82, 2.24) is 28.7 Å². The van der Waals surface area contributed by atoms with E-state index in [9.17, 15) is 0 Å². The van der Waals surface area contributed by atoms with E-state index in [1.807, 2.05) is 55.2 Å². The SMILES string of the molecule is CC(C)c1cccc(C(C)C)c1-c1ccc2c3ccc(Oc4ccc5c(c4)c4nccn4c4cccnc54)cc3c3nccn3c2n1. The number of aromatic nitrogens is 6. The number of ether oxygens (including phenoxy) is 1. The first kappa shape index (κ1) is 27.5. The van der Waals surface area contributed by atoms with E-state index in [-0.39, 0.29) is 0 Å². The maximum absolute atomic E-state index is 6.51. The summed E-state index contributed by atoms with van der Waals surface area (Å²) in [6, 6.07) is 27.4. The predicted octanol–water partition coefficient (Wildman–Crippen LogP) is 10.1. The van der Waals surface area contributed by atoms with Gasteiger partial charge in [0.15, 0.2) is 0 Å². The Kier molecular flexibility index (Phi) is 6.06. The molecule has 228 valence electrons. The van der Waals surface area contributed by atoms with Gasteiger partial charge in [-0.1, -0.05) is 45.9 Å². The first-order chi connectivity index (χ1) is 23.0. The first-order valence-electron chi connectivity index (χ1n) is 16.1. The maximum Gasteiger partial charge on any atom is 0.146 e.